The normalized spacial score (nSPS) is 18.4. The highest BCUT2D eigenvalue weighted by Gasteiger charge is 2.17. The van der Waals surface area contributed by atoms with Crippen LogP contribution in [0.5, 0.6) is 0 Å². The van der Waals surface area contributed by atoms with E-state index in [2.05, 4.69) is 12.2 Å². The van der Waals surface area contributed by atoms with Gasteiger partial charge in [-0.2, -0.15) is 0 Å². The fourth-order valence-electron chi connectivity index (χ4n) is 2.18. The zero-order chi connectivity index (χ0) is 9.97. The number of hydrogen-bond donors (Lipinski definition) is 1. The molecule has 1 aliphatic heterocycles. The van der Waals surface area contributed by atoms with Crippen molar-refractivity contribution in [3.05, 3.63) is 35.1 Å². The van der Waals surface area contributed by atoms with E-state index in [1.165, 1.54) is 11.1 Å². The second-order valence-corrected chi connectivity index (χ2v) is 4.03. The first-order valence-corrected chi connectivity index (χ1v) is 5.24. The molecule has 1 fully saturated rings. The van der Waals surface area contributed by atoms with Crippen molar-refractivity contribution in [1.82, 2.24) is 5.32 Å². The van der Waals surface area contributed by atoms with Crippen LogP contribution in [-0.2, 0) is 0 Å². The third-order valence-electron chi connectivity index (χ3n) is 3.02. The highest BCUT2D eigenvalue weighted by molar-refractivity contribution is 5.30. The van der Waals surface area contributed by atoms with Gasteiger partial charge < -0.3 is 5.32 Å². The summed E-state index contributed by atoms with van der Waals surface area (Å²) < 4.78 is 13.1. The summed E-state index contributed by atoms with van der Waals surface area (Å²) in [5.41, 5.74) is 2.42. The molecule has 0 atom stereocenters. The first-order valence-electron chi connectivity index (χ1n) is 5.24. The molecule has 0 bridgehead atoms. The van der Waals surface area contributed by atoms with E-state index in [1.54, 1.807) is 12.1 Å². The number of aryl methyl sites for hydroxylation is 1. The molecule has 0 radical (unpaired) electrons. The van der Waals surface area contributed by atoms with Crippen LogP contribution in [0.2, 0.25) is 0 Å². The van der Waals surface area contributed by atoms with E-state index in [1.807, 2.05) is 6.07 Å². The van der Waals surface area contributed by atoms with Crippen molar-refractivity contribution < 1.29 is 4.39 Å². The Hall–Kier alpha value is -0.890. The van der Waals surface area contributed by atoms with E-state index in [-0.39, 0.29) is 5.82 Å². The maximum Gasteiger partial charge on any atom is 0.123 e. The number of rotatable bonds is 1. The summed E-state index contributed by atoms with van der Waals surface area (Å²) in [5.74, 6) is 0.441. The van der Waals surface area contributed by atoms with Gasteiger partial charge in [0.1, 0.15) is 5.82 Å². The molecule has 1 nitrogen and oxygen atoms in total. The van der Waals surface area contributed by atoms with Crippen molar-refractivity contribution in [2.75, 3.05) is 13.1 Å². The Kier molecular flexibility index (Phi) is 2.82. The Labute approximate surface area is 84.3 Å². The van der Waals surface area contributed by atoms with Gasteiger partial charge in [0.05, 0.1) is 0 Å². The lowest BCUT2D eigenvalue weighted by Crippen LogP contribution is -2.27. The summed E-state index contributed by atoms with van der Waals surface area (Å²) in [6.07, 6.45) is 2.26. The van der Waals surface area contributed by atoms with Gasteiger partial charge in [-0.05, 0) is 62.0 Å². The lowest BCUT2D eigenvalue weighted by atomic mass is 9.87. The Morgan fingerprint density at radius 1 is 1.29 bits per heavy atom. The summed E-state index contributed by atoms with van der Waals surface area (Å²) in [6, 6.07) is 5.12. The Bertz CT molecular complexity index is 316. The molecule has 0 amide bonds. The standard InChI is InChI=1S/C12H16FN/c1-9-2-3-11(13)8-12(9)10-4-6-14-7-5-10/h2-3,8,10,14H,4-7H2,1H3. The molecule has 76 valence electrons. The number of benzene rings is 1. The van der Waals surface area contributed by atoms with Crippen LogP contribution < -0.4 is 5.32 Å². The Morgan fingerprint density at radius 2 is 2.00 bits per heavy atom. The van der Waals surface area contributed by atoms with Crippen LogP contribution in [0.3, 0.4) is 0 Å². The summed E-state index contributed by atoms with van der Waals surface area (Å²) in [6.45, 7) is 4.18. The Morgan fingerprint density at radius 3 is 2.71 bits per heavy atom. The second-order valence-electron chi connectivity index (χ2n) is 4.03. The third-order valence-corrected chi connectivity index (χ3v) is 3.02. The largest absolute Gasteiger partial charge is 0.317 e. The van der Waals surface area contributed by atoms with Crippen LogP contribution in [0.15, 0.2) is 18.2 Å². The lowest BCUT2D eigenvalue weighted by molar-refractivity contribution is 0.457. The van der Waals surface area contributed by atoms with Crippen LogP contribution >= 0.6 is 0 Å². The molecule has 1 aromatic carbocycles. The van der Waals surface area contributed by atoms with Crippen LogP contribution in [0, 0.1) is 12.7 Å². The SMILES string of the molecule is Cc1ccc(F)cc1C1CCNCC1. The van der Waals surface area contributed by atoms with Crippen LogP contribution in [0.25, 0.3) is 0 Å². The molecule has 0 aliphatic carbocycles. The van der Waals surface area contributed by atoms with E-state index in [9.17, 15) is 4.39 Å². The van der Waals surface area contributed by atoms with Crippen LogP contribution in [0.1, 0.15) is 29.9 Å². The van der Waals surface area contributed by atoms with Crippen molar-refractivity contribution in [2.45, 2.75) is 25.7 Å². The van der Waals surface area contributed by atoms with Crippen LogP contribution in [0.4, 0.5) is 4.39 Å². The molecule has 1 saturated heterocycles. The van der Waals surface area contributed by atoms with Gasteiger partial charge in [-0.3, -0.25) is 0 Å². The summed E-state index contributed by atoms with van der Waals surface area (Å²) >= 11 is 0. The van der Waals surface area contributed by atoms with E-state index in [0.29, 0.717) is 5.92 Å². The molecule has 0 spiro atoms. The van der Waals surface area contributed by atoms with E-state index >= 15 is 0 Å². The summed E-state index contributed by atoms with van der Waals surface area (Å²) in [7, 11) is 0. The monoisotopic (exact) mass is 193 g/mol. The van der Waals surface area contributed by atoms with E-state index < -0.39 is 0 Å². The number of piperidine rings is 1. The van der Waals surface area contributed by atoms with Gasteiger partial charge in [0.15, 0.2) is 0 Å². The number of nitrogens with one attached hydrogen (secondary N) is 1. The summed E-state index contributed by atoms with van der Waals surface area (Å²) in [4.78, 5) is 0. The maximum absolute atomic E-state index is 13.1. The average molecular weight is 193 g/mol. The zero-order valence-electron chi connectivity index (χ0n) is 8.52. The predicted molar refractivity (Wildman–Crippen MR) is 56.0 cm³/mol. The average Bonchev–Trinajstić information content (AvgIpc) is 2.23. The molecule has 1 heterocycles. The van der Waals surface area contributed by atoms with Crippen molar-refractivity contribution >= 4 is 0 Å². The van der Waals surface area contributed by atoms with Crippen molar-refractivity contribution in [3.8, 4) is 0 Å². The highest BCUT2D eigenvalue weighted by Crippen LogP contribution is 2.28. The second kappa shape index (κ2) is 4.09. The molecule has 1 aromatic rings. The fraction of sp³-hybridized carbons (Fsp3) is 0.500. The summed E-state index contributed by atoms with van der Waals surface area (Å²) in [5, 5.41) is 3.32. The molecule has 2 rings (SSSR count). The predicted octanol–water partition coefficient (Wildman–Crippen LogP) is 2.60. The van der Waals surface area contributed by atoms with Gasteiger partial charge in [-0.15, -0.1) is 0 Å². The molecule has 1 aliphatic rings. The molecule has 0 aromatic heterocycles. The van der Waals surface area contributed by atoms with Gasteiger partial charge >= 0.3 is 0 Å². The quantitative estimate of drug-likeness (QED) is 0.723. The molecule has 0 saturated carbocycles. The van der Waals surface area contributed by atoms with Gasteiger partial charge in [-0.1, -0.05) is 6.07 Å². The minimum absolute atomic E-state index is 0.107. The third kappa shape index (κ3) is 1.95. The molecule has 14 heavy (non-hydrogen) atoms. The lowest BCUT2D eigenvalue weighted by Gasteiger charge is -2.24. The molecule has 1 N–H and O–H groups in total. The van der Waals surface area contributed by atoms with Gasteiger partial charge in [0, 0.05) is 0 Å². The highest BCUT2D eigenvalue weighted by atomic mass is 19.1. The zero-order valence-corrected chi connectivity index (χ0v) is 8.52. The van der Waals surface area contributed by atoms with Gasteiger partial charge in [0.25, 0.3) is 0 Å². The van der Waals surface area contributed by atoms with E-state index in [4.69, 9.17) is 0 Å². The van der Waals surface area contributed by atoms with Crippen molar-refractivity contribution in [2.24, 2.45) is 0 Å². The Balaban J connectivity index is 2.24. The number of hydrogen-bond acceptors (Lipinski definition) is 1. The fourth-order valence-corrected chi connectivity index (χ4v) is 2.18. The first kappa shape index (κ1) is 9.66. The minimum Gasteiger partial charge on any atom is -0.317 e. The van der Waals surface area contributed by atoms with Crippen molar-refractivity contribution in [3.63, 3.8) is 0 Å². The van der Waals surface area contributed by atoms with Gasteiger partial charge in [-0.25, -0.2) is 4.39 Å². The smallest absolute Gasteiger partial charge is 0.123 e. The molecular weight excluding hydrogens is 177 g/mol. The first-order chi connectivity index (χ1) is 6.77. The molecule has 0 unspecified atom stereocenters. The maximum atomic E-state index is 13.1. The number of halogens is 1. The van der Waals surface area contributed by atoms with E-state index in [0.717, 1.165) is 25.9 Å². The van der Waals surface area contributed by atoms with Crippen LogP contribution in [-0.4, -0.2) is 13.1 Å². The topological polar surface area (TPSA) is 12.0 Å². The molecule has 2 heteroatoms. The van der Waals surface area contributed by atoms with Gasteiger partial charge in [0.2, 0.25) is 0 Å². The molecular formula is C12H16FN. The minimum atomic E-state index is -0.107. The van der Waals surface area contributed by atoms with Crippen molar-refractivity contribution in [1.29, 1.82) is 0 Å².